The van der Waals surface area contributed by atoms with Crippen LogP contribution in [0.2, 0.25) is 0 Å². The van der Waals surface area contributed by atoms with Crippen molar-refractivity contribution in [1.82, 2.24) is 4.57 Å². The van der Waals surface area contributed by atoms with Crippen molar-refractivity contribution >= 4 is 14.0 Å². The van der Waals surface area contributed by atoms with Crippen LogP contribution in [0, 0.1) is 0 Å². The Morgan fingerprint density at radius 1 is 1.00 bits per heavy atom. The van der Waals surface area contributed by atoms with Gasteiger partial charge in [-0.05, 0) is 30.2 Å². The van der Waals surface area contributed by atoms with E-state index in [9.17, 15) is 0 Å². The molecule has 0 aliphatic rings. The van der Waals surface area contributed by atoms with E-state index in [1.54, 1.807) is 21.3 Å². The second kappa shape index (κ2) is 7.04. The molecule has 2 aromatic rings. The number of rotatable bonds is 7. The Bertz CT molecular complexity index is 570. The molecule has 0 saturated carbocycles. The summed E-state index contributed by atoms with van der Waals surface area (Å²) in [5.74, 6) is 0. The van der Waals surface area contributed by atoms with Crippen LogP contribution in [0.3, 0.4) is 0 Å². The van der Waals surface area contributed by atoms with Gasteiger partial charge in [-0.25, -0.2) is 0 Å². The molecule has 2 rings (SSSR count). The molecular weight excluding hydrogens is 282 g/mol. The number of benzene rings is 1. The van der Waals surface area contributed by atoms with Gasteiger partial charge in [-0.15, -0.1) is 0 Å². The molecule has 0 fully saturated rings. The average Bonchev–Trinajstić information content (AvgIpc) is 2.99. The summed E-state index contributed by atoms with van der Waals surface area (Å²) in [4.78, 5) is 0. The zero-order valence-corrected chi connectivity index (χ0v) is 14.1. The van der Waals surface area contributed by atoms with Gasteiger partial charge in [-0.1, -0.05) is 25.1 Å². The highest BCUT2D eigenvalue weighted by Crippen LogP contribution is 2.21. The molecule has 0 spiro atoms. The fraction of sp³-hybridized carbons (Fsp3) is 0.375. The Balaban J connectivity index is 2.44. The first kappa shape index (κ1) is 16.0. The highest BCUT2D eigenvalue weighted by Gasteiger charge is 2.40. The van der Waals surface area contributed by atoms with Crippen molar-refractivity contribution in [3.8, 4) is 11.3 Å². The summed E-state index contributed by atoms with van der Waals surface area (Å²) in [6.45, 7) is 3.19. The van der Waals surface area contributed by atoms with Crippen LogP contribution >= 0.6 is 0 Å². The average molecular weight is 305 g/mol. The lowest BCUT2D eigenvalue weighted by Crippen LogP contribution is -2.54. The van der Waals surface area contributed by atoms with Gasteiger partial charge >= 0.3 is 8.80 Å². The zero-order valence-electron chi connectivity index (χ0n) is 13.1. The van der Waals surface area contributed by atoms with E-state index in [0.29, 0.717) is 0 Å². The van der Waals surface area contributed by atoms with Crippen molar-refractivity contribution in [2.75, 3.05) is 21.3 Å². The molecule has 1 aromatic carbocycles. The lowest BCUT2D eigenvalue weighted by atomic mass is 10.1. The van der Waals surface area contributed by atoms with Crippen LogP contribution in [0.5, 0.6) is 0 Å². The third kappa shape index (κ3) is 3.11. The summed E-state index contributed by atoms with van der Waals surface area (Å²) in [5, 5.41) is 0.969. The Labute approximate surface area is 127 Å². The molecule has 5 heteroatoms. The van der Waals surface area contributed by atoms with Gasteiger partial charge in [-0.3, -0.25) is 0 Å². The molecule has 21 heavy (non-hydrogen) atoms. The van der Waals surface area contributed by atoms with Crippen molar-refractivity contribution in [1.29, 1.82) is 0 Å². The van der Waals surface area contributed by atoms with Gasteiger partial charge < -0.3 is 17.8 Å². The Morgan fingerprint density at radius 3 is 2.33 bits per heavy atom. The summed E-state index contributed by atoms with van der Waals surface area (Å²) >= 11 is 0. The van der Waals surface area contributed by atoms with Crippen molar-refractivity contribution in [3.05, 3.63) is 42.6 Å². The van der Waals surface area contributed by atoms with Gasteiger partial charge in [0.2, 0.25) is 0 Å². The minimum absolute atomic E-state index is 0.969. The molecule has 0 radical (unpaired) electrons. The van der Waals surface area contributed by atoms with Gasteiger partial charge in [0.1, 0.15) is 0 Å². The molecule has 1 heterocycles. The van der Waals surface area contributed by atoms with Crippen molar-refractivity contribution in [2.45, 2.75) is 19.9 Å². The van der Waals surface area contributed by atoms with Crippen LogP contribution in [0.4, 0.5) is 0 Å². The quantitative estimate of drug-likeness (QED) is 0.737. The summed E-state index contributed by atoms with van der Waals surface area (Å²) in [5.41, 5.74) is 2.35. The summed E-state index contributed by atoms with van der Waals surface area (Å²) in [6, 6.07) is 12.4. The first-order chi connectivity index (χ1) is 10.2. The van der Waals surface area contributed by atoms with Crippen molar-refractivity contribution in [3.63, 3.8) is 0 Å². The second-order valence-corrected chi connectivity index (χ2v) is 7.75. The number of aryl methyl sites for hydroxylation is 1. The van der Waals surface area contributed by atoms with Crippen molar-refractivity contribution < 1.29 is 13.3 Å². The minimum atomic E-state index is -2.78. The topological polar surface area (TPSA) is 32.6 Å². The van der Waals surface area contributed by atoms with E-state index in [2.05, 4.69) is 42.0 Å². The molecule has 0 unspecified atom stereocenters. The Morgan fingerprint density at radius 2 is 1.71 bits per heavy atom. The predicted molar refractivity (Wildman–Crippen MR) is 86.6 cm³/mol. The first-order valence-electron chi connectivity index (χ1n) is 7.12. The summed E-state index contributed by atoms with van der Waals surface area (Å²) in [6.07, 6.45) is 3.22. The van der Waals surface area contributed by atoms with Gasteiger partial charge in [0.25, 0.3) is 0 Å². The SMILES string of the molecule is CCCn1cccc1-c1cccc([Si](OC)(OC)OC)c1. The molecule has 1 aromatic heterocycles. The molecule has 0 N–H and O–H groups in total. The highest BCUT2D eigenvalue weighted by molar-refractivity contribution is 6.75. The largest absolute Gasteiger partial charge is 0.536 e. The molecule has 0 aliphatic heterocycles. The number of hydrogen-bond donors (Lipinski definition) is 0. The maximum absolute atomic E-state index is 5.56. The van der Waals surface area contributed by atoms with Crippen LogP contribution in [0.1, 0.15) is 13.3 Å². The summed E-state index contributed by atoms with van der Waals surface area (Å²) in [7, 11) is 2.11. The van der Waals surface area contributed by atoms with Crippen LogP contribution < -0.4 is 5.19 Å². The number of aromatic nitrogens is 1. The highest BCUT2D eigenvalue weighted by atomic mass is 28.4. The van der Waals surface area contributed by atoms with Gasteiger partial charge in [0.05, 0.1) is 0 Å². The smallest absolute Gasteiger partial charge is 0.373 e. The van der Waals surface area contributed by atoms with E-state index in [4.69, 9.17) is 13.3 Å². The van der Waals surface area contributed by atoms with Crippen molar-refractivity contribution in [2.24, 2.45) is 0 Å². The molecule has 0 bridgehead atoms. The fourth-order valence-corrected chi connectivity index (χ4v) is 4.42. The minimum Gasteiger partial charge on any atom is -0.373 e. The monoisotopic (exact) mass is 305 g/mol. The normalized spacial score (nSPS) is 11.8. The van der Waals surface area contributed by atoms with E-state index >= 15 is 0 Å². The molecular formula is C16H23NO3Si. The molecule has 0 amide bonds. The predicted octanol–water partition coefficient (Wildman–Crippen LogP) is 2.65. The Kier molecular flexibility index (Phi) is 5.36. The van der Waals surface area contributed by atoms with Crippen LogP contribution in [0.15, 0.2) is 42.6 Å². The zero-order chi connectivity index (χ0) is 15.3. The van der Waals surface area contributed by atoms with Gasteiger partial charge in [0.15, 0.2) is 0 Å². The van der Waals surface area contributed by atoms with E-state index in [1.807, 2.05) is 12.1 Å². The fourth-order valence-electron chi connectivity index (χ4n) is 2.58. The summed E-state index contributed by atoms with van der Waals surface area (Å²) < 4.78 is 18.9. The maximum atomic E-state index is 5.56. The van der Waals surface area contributed by atoms with E-state index in [0.717, 1.165) is 23.7 Å². The van der Waals surface area contributed by atoms with Gasteiger partial charge in [-0.2, -0.15) is 0 Å². The third-order valence-electron chi connectivity index (χ3n) is 3.61. The lowest BCUT2D eigenvalue weighted by Gasteiger charge is -2.25. The number of hydrogen-bond acceptors (Lipinski definition) is 3. The second-order valence-electron chi connectivity index (χ2n) is 4.84. The standard InChI is InChI=1S/C16H23NO3Si/c1-5-11-17-12-7-10-16(17)14-8-6-9-15(13-14)21(18-2,19-3)20-4/h6-10,12-13H,5,11H2,1-4H3. The molecule has 114 valence electrons. The number of nitrogens with zero attached hydrogens (tertiary/aromatic N) is 1. The third-order valence-corrected chi connectivity index (χ3v) is 6.24. The van der Waals surface area contributed by atoms with Crippen LogP contribution in [-0.4, -0.2) is 34.7 Å². The molecule has 0 atom stereocenters. The molecule has 0 aliphatic carbocycles. The van der Waals surface area contributed by atoms with Crippen LogP contribution in [-0.2, 0) is 19.8 Å². The van der Waals surface area contributed by atoms with E-state index in [-0.39, 0.29) is 0 Å². The molecule has 0 saturated heterocycles. The first-order valence-corrected chi connectivity index (χ1v) is 8.84. The van der Waals surface area contributed by atoms with E-state index < -0.39 is 8.80 Å². The molecule has 4 nitrogen and oxygen atoms in total. The maximum Gasteiger partial charge on any atom is 0.536 e. The van der Waals surface area contributed by atoms with Crippen LogP contribution in [0.25, 0.3) is 11.3 Å². The Hall–Kier alpha value is -1.40. The van der Waals surface area contributed by atoms with Gasteiger partial charge in [0, 0.05) is 45.0 Å². The lowest BCUT2D eigenvalue weighted by molar-refractivity contribution is 0.140. The van der Waals surface area contributed by atoms with E-state index in [1.165, 1.54) is 5.69 Å².